The van der Waals surface area contributed by atoms with Gasteiger partial charge in [-0.1, -0.05) is 30.3 Å². The lowest BCUT2D eigenvalue weighted by Gasteiger charge is -2.44. The van der Waals surface area contributed by atoms with Crippen molar-refractivity contribution in [3.8, 4) is 11.5 Å². The molecule has 4 aromatic rings. The predicted octanol–water partition coefficient (Wildman–Crippen LogP) is 4.62. The van der Waals surface area contributed by atoms with E-state index in [0.29, 0.717) is 29.4 Å². The molecular formula is C26H22FN3O3. The summed E-state index contributed by atoms with van der Waals surface area (Å²) < 4.78 is 21.0. The van der Waals surface area contributed by atoms with Gasteiger partial charge in [-0.25, -0.2) is 4.39 Å². The van der Waals surface area contributed by atoms with E-state index in [1.54, 1.807) is 25.3 Å². The maximum atomic E-state index is 13.7. The molecule has 0 spiro atoms. The normalized spacial score (nSPS) is 17.6. The molecule has 0 saturated heterocycles. The number of fused-ring (bicyclic) bond motifs is 1. The maximum Gasteiger partial charge on any atom is 0.275 e. The molecule has 1 unspecified atom stereocenters. The van der Waals surface area contributed by atoms with Crippen LogP contribution in [0.3, 0.4) is 0 Å². The molecule has 0 aliphatic carbocycles. The van der Waals surface area contributed by atoms with E-state index in [2.05, 4.69) is 5.32 Å². The molecule has 2 aromatic carbocycles. The van der Waals surface area contributed by atoms with E-state index in [9.17, 15) is 14.0 Å². The van der Waals surface area contributed by atoms with Crippen molar-refractivity contribution in [1.29, 1.82) is 0 Å². The highest BCUT2D eigenvalue weighted by atomic mass is 19.1. The monoisotopic (exact) mass is 443 g/mol. The molecule has 1 atom stereocenters. The highest BCUT2D eigenvalue weighted by molar-refractivity contribution is 6.12. The fourth-order valence-electron chi connectivity index (χ4n) is 4.32. The van der Waals surface area contributed by atoms with Crippen LogP contribution < -0.4 is 10.2 Å². The van der Waals surface area contributed by atoms with Crippen molar-refractivity contribution >= 4 is 17.5 Å². The zero-order valence-corrected chi connectivity index (χ0v) is 18.0. The van der Waals surface area contributed by atoms with E-state index in [0.717, 1.165) is 5.56 Å². The number of amides is 2. The largest absolute Gasteiger partial charge is 0.463 e. The fourth-order valence-corrected chi connectivity index (χ4v) is 4.32. The number of carbonyl (C=O) groups is 2. The van der Waals surface area contributed by atoms with Crippen molar-refractivity contribution < 1.29 is 18.4 Å². The van der Waals surface area contributed by atoms with Gasteiger partial charge < -0.3 is 14.3 Å². The Hall–Kier alpha value is -4.13. The van der Waals surface area contributed by atoms with Crippen molar-refractivity contribution in [2.24, 2.45) is 0 Å². The molecular weight excluding hydrogens is 421 g/mol. The van der Waals surface area contributed by atoms with Crippen molar-refractivity contribution in [1.82, 2.24) is 9.88 Å². The number of rotatable bonds is 5. The number of nitrogens with one attached hydrogen (secondary N) is 1. The molecule has 0 radical (unpaired) electrons. The minimum Gasteiger partial charge on any atom is -0.463 e. The standard InChI is InChI=1S/C26H22FN3O3/c1-26(25(32)28-16-18-6-3-2-4-7-18)17-29-21(23-8-5-15-33-23)13-14-22(29)24(31)30(26)20-11-9-19(27)10-12-20/h2-15H,16-17H2,1H3,(H,28,32). The highest BCUT2D eigenvalue weighted by Gasteiger charge is 2.48. The third kappa shape index (κ3) is 3.61. The first-order chi connectivity index (χ1) is 16.0. The van der Waals surface area contributed by atoms with Gasteiger partial charge in [0.1, 0.15) is 22.8 Å². The fraction of sp³-hybridized carbons (Fsp3) is 0.154. The van der Waals surface area contributed by atoms with Crippen LogP contribution in [0.5, 0.6) is 0 Å². The molecule has 3 heterocycles. The number of halogens is 1. The summed E-state index contributed by atoms with van der Waals surface area (Å²) in [6.07, 6.45) is 1.57. The Morgan fingerprint density at radius 3 is 2.42 bits per heavy atom. The van der Waals surface area contributed by atoms with Gasteiger partial charge in [-0.2, -0.15) is 0 Å². The summed E-state index contributed by atoms with van der Waals surface area (Å²) in [6, 6.07) is 22.3. The Morgan fingerprint density at radius 2 is 1.73 bits per heavy atom. The minimum atomic E-state index is -1.27. The summed E-state index contributed by atoms with van der Waals surface area (Å²) in [5.41, 5.74) is 1.27. The average molecular weight is 443 g/mol. The zero-order chi connectivity index (χ0) is 23.0. The molecule has 5 rings (SSSR count). The number of benzene rings is 2. The van der Waals surface area contributed by atoms with Gasteiger partial charge in [-0.05, 0) is 61.0 Å². The van der Waals surface area contributed by atoms with Gasteiger partial charge in [0.05, 0.1) is 18.5 Å². The molecule has 1 aliphatic rings. The third-order valence-corrected chi connectivity index (χ3v) is 6.01. The maximum absolute atomic E-state index is 13.7. The van der Waals surface area contributed by atoms with Gasteiger partial charge >= 0.3 is 0 Å². The Morgan fingerprint density at radius 1 is 1.00 bits per heavy atom. The lowest BCUT2D eigenvalue weighted by molar-refractivity contribution is -0.126. The Bertz CT molecular complexity index is 1300. The Balaban J connectivity index is 1.56. The third-order valence-electron chi connectivity index (χ3n) is 6.01. The van der Waals surface area contributed by atoms with E-state index < -0.39 is 11.4 Å². The lowest BCUT2D eigenvalue weighted by Crippen LogP contribution is -2.64. The van der Waals surface area contributed by atoms with Crippen molar-refractivity contribution in [3.05, 3.63) is 102 Å². The van der Waals surface area contributed by atoms with Crippen LogP contribution >= 0.6 is 0 Å². The van der Waals surface area contributed by atoms with E-state index in [4.69, 9.17) is 4.42 Å². The number of carbonyl (C=O) groups excluding carboxylic acids is 2. The van der Waals surface area contributed by atoms with Crippen LogP contribution in [-0.4, -0.2) is 21.9 Å². The number of aromatic nitrogens is 1. The van der Waals surface area contributed by atoms with E-state index in [1.807, 2.05) is 47.0 Å². The molecule has 2 amide bonds. The van der Waals surface area contributed by atoms with Gasteiger partial charge in [0.15, 0.2) is 0 Å². The summed E-state index contributed by atoms with van der Waals surface area (Å²) >= 11 is 0. The number of hydrogen-bond donors (Lipinski definition) is 1. The second kappa shape index (κ2) is 8.09. The van der Waals surface area contributed by atoms with Gasteiger partial charge in [0, 0.05) is 12.2 Å². The zero-order valence-electron chi connectivity index (χ0n) is 18.0. The number of anilines is 1. The van der Waals surface area contributed by atoms with Gasteiger partial charge in [-0.15, -0.1) is 0 Å². The lowest BCUT2D eigenvalue weighted by atomic mass is 9.93. The van der Waals surface area contributed by atoms with Crippen LogP contribution in [0.4, 0.5) is 10.1 Å². The molecule has 0 bridgehead atoms. The van der Waals surface area contributed by atoms with E-state index in [-0.39, 0.29) is 18.4 Å². The molecule has 6 nitrogen and oxygen atoms in total. The molecule has 166 valence electrons. The molecule has 2 aromatic heterocycles. The van der Waals surface area contributed by atoms with E-state index in [1.165, 1.54) is 29.2 Å². The topological polar surface area (TPSA) is 67.5 Å². The second-order valence-corrected chi connectivity index (χ2v) is 8.23. The number of hydrogen-bond acceptors (Lipinski definition) is 3. The van der Waals surface area contributed by atoms with Crippen molar-refractivity contribution in [2.75, 3.05) is 4.90 Å². The minimum absolute atomic E-state index is 0.203. The molecule has 0 fully saturated rings. The first-order valence-electron chi connectivity index (χ1n) is 10.6. The summed E-state index contributed by atoms with van der Waals surface area (Å²) in [5, 5.41) is 2.97. The predicted molar refractivity (Wildman–Crippen MR) is 122 cm³/mol. The number of furan rings is 1. The molecule has 1 aliphatic heterocycles. The van der Waals surface area contributed by atoms with Crippen LogP contribution in [-0.2, 0) is 17.9 Å². The second-order valence-electron chi connectivity index (χ2n) is 8.23. The molecule has 1 N–H and O–H groups in total. The van der Waals surface area contributed by atoms with Crippen LogP contribution in [0.15, 0.2) is 89.5 Å². The van der Waals surface area contributed by atoms with Crippen molar-refractivity contribution in [3.63, 3.8) is 0 Å². The SMILES string of the molecule is CC1(C(=O)NCc2ccccc2)Cn2c(ccc2-c2ccco2)C(=O)N1c1ccc(F)cc1. The van der Waals surface area contributed by atoms with Gasteiger partial charge in [-0.3, -0.25) is 14.5 Å². The molecule has 7 heteroatoms. The van der Waals surface area contributed by atoms with Crippen molar-refractivity contribution in [2.45, 2.75) is 25.6 Å². The summed E-state index contributed by atoms with van der Waals surface area (Å²) in [7, 11) is 0. The van der Waals surface area contributed by atoms with Crippen LogP contribution in [0.25, 0.3) is 11.5 Å². The molecule has 0 saturated carbocycles. The summed E-state index contributed by atoms with van der Waals surface area (Å²) in [4.78, 5) is 28.7. The van der Waals surface area contributed by atoms with E-state index >= 15 is 0 Å². The molecule has 33 heavy (non-hydrogen) atoms. The first kappa shape index (κ1) is 20.8. The Labute approximate surface area is 190 Å². The summed E-state index contributed by atoms with van der Waals surface area (Å²) in [6.45, 7) is 2.25. The van der Waals surface area contributed by atoms with Gasteiger partial charge in [0.2, 0.25) is 5.91 Å². The van der Waals surface area contributed by atoms with Crippen LogP contribution in [0.1, 0.15) is 23.0 Å². The number of nitrogens with zero attached hydrogens (tertiary/aromatic N) is 2. The Kier molecular flexibility index (Phi) is 5.09. The smallest absolute Gasteiger partial charge is 0.275 e. The van der Waals surface area contributed by atoms with Gasteiger partial charge in [0.25, 0.3) is 5.91 Å². The van der Waals surface area contributed by atoms with Crippen LogP contribution in [0.2, 0.25) is 0 Å². The highest BCUT2D eigenvalue weighted by Crippen LogP contribution is 2.36. The quantitative estimate of drug-likeness (QED) is 0.489. The van der Waals surface area contributed by atoms with Crippen LogP contribution in [0, 0.1) is 5.82 Å². The summed E-state index contributed by atoms with van der Waals surface area (Å²) in [5.74, 6) is -0.463. The first-order valence-corrected chi connectivity index (χ1v) is 10.6. The average Bonchev–Trinajstić information content (AvgIpc) is 3.49.